The largest absolute Gasteiger partial charge is 0.356 e. The van der Waals surface area contributed by atoms with Crippen LogP contribution in [0.5, 0.6) is 0 Å². The monoisotopic (exact) mass is 455 g/mol. The van der Waals surface area contributed by atoms with Gasteiger partial charge in [-0.2, -0.15) is 4.98 Å². The maximum Gasteiger partial charge on any atom is 0.277 e. The van der Waals surface area contributed by atoms with Crippen LogP contribution >= 0.6 is 0 Å². The molecule has 5 rings (SSSR count). The van der Waals surface area contributed by atoms with Crippen LogP contribution in [0.15, 0.2) is 65.4 Å². The van der Waals surface area contributed by atoms with Crippen LogP contribution in [-0.2, 0) is 0 Å². The zero-order chi connectivity index (χ0) is 23.3. The number of rotatable bonds is 6. The van der Waals surface area contributed by atoms with Crippen molar-refractivity contribution in [2.45, 2.75) is 26.2 Å². The molecule has 0 atom stereocenters. The first-order valence-electron chi connectivity index (χ1n) is 11.3. The third kappa shape index (κ3) is 5.03. The smallest absolute Gasteiger partial charge is 0.277 e. The van der Waals surface area contributed by atoms with E-state index in [2.05, 4.69) is 30.7 Å². The number of hydrogen-bond donors (Lipinski definition) is 2. The summed E-state index contributed by atoms with van der Waals surface area (Å²) in [6.07, 6.45) is 6.99. The van der Waals surface area contributed by atoms with Gasteiger partial charge in [0.15, 0.2) is 11.5 Å². The number of nitrogens with zero attached hydrogens (tertiary/aromatic N) is 5. The summed E-state index contributed by atoms with van der Waals surface area (Å²) in [5.74, 6) is 1.65. The minimum absolute atomic E-state index is 0.194. The van der Waals surface area contributed by atoms with Crippen LogP contribution < -0.4 is 15.5 Å². The van der Waals surface area contributed by atoms with Crippen molar-refractivity contribution >= 4 is 29.0 Å². The standard InChI is InChI=1S/C25H25N7O2/c1-17-14-23(32-12-3-2-4-13-32)30-25(27-17)29-20-9-7-19(8-10-20)28-24(33)21-15-22(34-31-21)18-6-5-11-26-16-18/h5-11,14-16H,2-4,12-13H2,1H3,(H,28,33)(H,27,29,30). The van der Waals surface area contributed by atoms with Gasteiger partial charge in [0.05, 0.1) is 0 Å². The van der Waals surface area contributed by atoms with Crippen molar-refractivity contribution in [1.82, 2.24) is 20.1 Å². The number of pyridine rings is 1. The summed E-state index contributed by atoms with van der Waals surface area (Å²) in [6, 6.07) is 14.6. The van der Waals surface area contributed by atoms with E-state index in [1.165, 1.54) is 19.3 Å². The molecule has 4 heterocycles. The molecular weight excluding hydrogens is 430 g/mol. The quantitative estimate of drug-likeness (QED) is 0.426. The van der Waals surface area contributed by atoms with Crippen LogP contribution in [0.2, 0.25) is 0 Å². The van der Waals surface area contributed by atoms with Crippen LogP contribution in [0.3, 0.4) is 0 Å². The van der Waals surface area contributed by atoms with E-state index in [0.29, 0.717) is 17.4 Å². The summed E-state index contributed by atoms with van der Waals surface area (Å²) in [6.45, 7) is 4.03. The Bertz CT molecular complexity index is 1270. The minimum atomic E-state index is -0.354. The molecule has 34 heavy (non-hydrogen) atoms. The van der Waals surface area contributed by atoms with Gasteiger partial charge < -0.3 is 20.1 Å². The molecule has 0 unspecified atom stereocenters. The maximum absolute atomic E-state index is 12.6. The lowest BCUT2D eigenvalue weighted by Gasteiger charge is -2.28. The molecule has 0 aliphatic carbocycles. The molecule has 1 amide bonds. The Hall–Kier alpha value is -4.27. The van der Waals surface area contributed by atoms with Crippen molar-refractivity contribution in [2.24, 2.45) is 0 Å². The highest BCUT2D eigenvalue weighted by atomic mass is 16.5. The number of carbonyl (C=O) groups is 1. The van der Waals surface area contributed by atoms with Crippen LogP contribution in [0, 0.1) is 6.92 Å². The molecule has 3 aromatic heterocycles. The highest BCUT2D eigenvalue weighted by molar-refractivity contribution is 6.03. The van der Waals surface area contributed by atoms with Crippen molar-refractivity contribution in [3.05, 3.63) is 72.3 Å². The van der Waals surface area contributed by atoms with Gasteiger partial charge >= 0.3 is 0 Å². The molecular formula is C25H25N7O2. The molecule has 1 aromatic carbocycles. The number of anilines is 4. The third-order valence-electron chi connectivity index (χ3n) is 5.61. The van der Waals surface area contributed by atoms with Gasteiger partial charge in [-0.05, 0) is 62.6 Å². The predicted octanol–water partition coefficient (Wildman–Crippen LogP) is 4.82. The molecule has 0 bridgehead atoms. The van der Waals surface area contributed by atoms with E-state index in [9.17, 15) is 4.79 Å². The molecule has 0 radical (unpaired) electrons. The van der Waals surface area contributed by atoms with Crippen LogP contribution in [-0.4, -0.2) is 39.1 Å². The summed E-state index contributed by atoms with van der Waals surface area (Å²) in [5.41, 5.74) is 3.33. The number of nitrogens with one attached hydrogen (secondary N) is 2. The summed E-state index contributed by atoms with van der Waals surface area (Å²) < 4.78 is 5.28. The Morgan fingerprint density at radius 2 is 1.79 bits per heavy atom. The number of aryl methyl sites for hydroxylation is 1. The van der Waals surface area contributed by atoms with Gasteiger partial charge in [0, 0.05) is 60.2 Å². The molecule has 1 saturated heterocycles. The second-order valence-electron chi connectivity index (χ2n) is 8.21. The minimum Gasteiger partial charge on any atom is -0.356 e. The normalized spacial score (nSPS) is 13.5. The number of benzene rings is 1. The van der Waals surface area contributed by atoms with Crippen LogP contribution in [0.4, 0.5) is 23.1 Å². The molecule has 2 N–H and O–H groups in total. The topological polar surface area (TPSA) is 109 Å². The molecule has 9 nitrogen and oxygen atoms in total. The first-order chi connectivity index (χ1) is 16.6. The van der Waals surface area contributed by atoms with Crippen molar-refractivity contribution < 1.29 is 9.32 Å². The lowest BCUT2D eigenvalue weighted by molar-refractivity contribution is 0.101. The zero-order valence-electron chi connectivity index (χ0n) is 18.9. The molecule has 1 fully saturated rings. The van der Waals surface area contributed by atoms with E-state index in [-0.39, 0.29) is 11.6 Å². The first-order valence-corrected chi connectivity index (χ1v) is 11.3. The van der Waals surface area contributed by atoms with Crippen molar-refractivity contribution in [2.75, 3.05) is 28.6 Å². The second kappa shape index (κ2) is 9.70. The average molecular weight is 456 g/mol. The molecule has 0 saturated carbocycles. The number of aromatic nitrogens is 4. The van der Waals surface area contributed by atoms with Crippen LogP contribution in [0.1, 0.15) is 35.4 Å². The first kappa shape index (κ1) is 21.6. The molecule has 4 aromatic rings. The maximum atomic E-state index is 12.6. The Kier molecular flexibility index (Phi) is 6.15. The Labute approximate surface area is 197 Å². The lowest BCUT2D eigenvalue weighted by Crippen LogP contribution is -2.30. The predicted molar refractivity (Wildman–Crippen MR) is 130 cm³/mol. The second-order valence-corrected chi connectivity index (χ2v) is 8.21. The van der Waals surface area contributed by atoms with Crippen molar-refractivity contribution in [3.63, 3.8) is 0 Å². The summed E-state index contributed by atoms with van der Waals surface area (Å²) in [5, 5.41) is 9.96. The van der Waals surface area contributed by atoms with Gasteiger partial charge in [-0.1, -0.05) is 5.16 Å². The van der Waals surface area contributed by atoms with Gasteiger partial charge in [0.2, 0.25) is 5.95 Å². The fraction of sp³-hybridized carbons (Fsp3) is 0.240. The van der Waals surface area contributed by atoms with Gasteiger partial charge in [0.1, 0.15) is 5.82 Å². The Morgan fingerprint density at radius 3 is 2.56 bits per heavy atom. The summed E-state index contributed by atoms with van der Waals surface area (Å²) >= 11 is 0. The highest BCUT2D eigenvalue weighted by Crippen LogP contribution is 2.23. The summed E-state index contributed by atoms with van der Waals surface area (Å²) in [4.78, 5) is 28.2. The van der Waals surface area contributed by atoms with E-state index in [1.54, 1.807) is 24.5 Å². The molecule has 9 heteroatoms. The number of amides is 1. The Morgan fingerprint density at radius 1 is 1.00 bits per heavy atom. The Balaban J connectivity index is 1.23. The fourth-order valence-corrected chi connectivity index (χ4v) is 3.88. The van der Waals surface area contributed by atoms with E-state index < -0.39 is 0 Å². The van der Waals surface area contributed by atoms with Gasteiger partial charge in [-0.25, -0.2) is 4.98 Å². The summed E-state index contributed by atoms with van der Waals surface area (Å²) in [7, 11) is 0. The van der Waals surface area contributed by atoms with Crippen molar-refractivity contribution in [3.8, 4) is 11.3 Å². The third-order valence-corrected chi connectivity index (χ3v) is 5.61. The number of piperidine rings is 1. The highest BCUT2D eigenvalue weighted by Gasteiger charge is 2.15. The lowest BCUT2D eigenvalue weighted by atomic mass is 10.1. The van der Waals surface area contributed by atoms with E-state index in [0.717, 1.165) is 35.9 Å². The van der Waals surface area contributed by atoms with E-state index >= 15 is 0 Å². The van der Waals surface area contributed by atoms with Gasteiger partial charge in [-0.15, -0.1) is 0 Å². The number of hydrogen-bond acceptors (Lipinski definition) is 8. The van der Waals surface area contributed by atoms with Gasteiger partial charge in [-0.3, -0.25) is 9.78 Å². The molecule has 1 aliphatic heterocycles. The fourth-order valence-electron chi connectivity index (χ4n) is 3.88. The average Bonchev–Trinajstić information content (AvgIpc) is 3.37. The van der Waals surface area contributed by atoms with Crippen LogP contribution in [0.25, 0.3) is 11.3 Å². The SMILES string of the molecule is Cc1cc(N2CCCCC2)nc(Nc2ccc(NC(=O)c3cc(-c4cccnc4)on3)cc2)n1. The number of carbonyl (C=O) groups excluding carboxylic acids is 1. The van der Waals surface area contributed by atoms with Gasteiger partial charge in [0.25, 0.3) is 5.91 Å². The van der Waals surface area contributed by atoms with Crippen molar-refractivity contribution in [1.29, 1.82) is 0 Å². The molecule has 0 spiro atoms. The molecule has 1 aliphatic rings. The molecule has 172 valence electrons. The van der Waals surface area contributed by atoms with E-state index in [1.807, 2.05) is 43.3 Å². The zero-order valence-corrected chi connectivity index (χ0v) is 18.9. The van der Waals surface area contributed by atoms with E-state index in [4.69, 9.17) is 9.51 Å².